The Hall–Kier alpha value is -1.21. The van der Waals surface area contributed by atoms with Gasteiger partial charge < -0.3 is 0 Å². The van der Waals surface area contributed by atoms with Gasteiger partial charge in [-0.3, -0.25) is 4.90 Å². The van der Waals surface area contributed by atoms with Gasteiger partial charge in [0.1, 0.15) is 0 Å². The summed E-state index contributed by atoms with van der Waals surface area (Å²) in [6, 6.07) is 9.35. The molecule has 0 aliphatic carbocycles. The number of hydrogen-bond acceptors (Lipinski definition) is 4. The second-order valence-electron chi connectivity index (χ2n) is 6.70. The molecule has 0 amide bonds. The van der Waals surface area contributed by atoms with Crippen LogP contribution < -0.4 is 4.72 Å². The summed E-state index contributed by atoms with van der Waals surface area (Å²) in [6.07, 6.45) is 3.00. The van der Waals surface area contributed by atoms with Crippen molar-refractivity contribution in [3.05, 3.63) is 52.2 Å². The number of benzene rings is 1. The van der Waals surface area contributed by atoms with E-state index in [1.165, 1.54) is 5.56 Å². The molecule has 3 rings (SSSR count). The number of nitrogens with one attached hydrogen (secondary N) is 1. The Morgan fingerprint density at radius 1 is 1.12 bits per heavy atom. The monoisotopic (exact) mass is 378 g/mol. The molecule has 2 aromatic rings. The predicted molar refractivity (Wildman–Crippen MR) is 103 cm³/mol. The number of piperidine rings is 1. The Morgan fingerprint density at radius 3 is 2.44 bits per heavy atom. The average molecular weight is 379 g/mol. The van der Waals surface area contributed by atoms with Gasteiger partial charge >= 0.3 is 0 Å². The standard InChI is InChI=1S/C19H26N2O2S2/c1-2-16-3-5-19(6-4-16)25(22,23)20-13-17-7-10-21(11-8-17)14-18-9-12-24-15-18/h3-6,9,12,15,17,20H,2,7-8,10-11,13-14H2,1H3. The van der Waals surface area contributed by atoms with Crippen molar-refractivity contribution in [1.29, 1.82) is 0 Å². The van der Waals surface area contributed by atoms with Crippen LogP contribution in [0.25, 0.3) is 0 Å². The molecule has 0 bridgehead atoms. The SMILES string of the molecule is CCc1ccc(S(=O)(=O)NCC2CCN(Cc3ccsc3)CC2)cc1. The zero-order valence-electron chi connectivity index (χ0n) is 14.6. The molecule has 1 fully saturated rings. The molecule has 6 heteroatoms. The Labute approximate surface area is 154 Å². The fourth-order valence-corrected chi connectivity index (χ4v) is 4.98. The van der Waals surface area contributed by atoms with E-state index in [4.69, 9.17) is 0 Å². The molecule has 4 nitrogen and oxygen atoms in total. The maximum Gasteiger partial charge on any atom is 0.240 e. The molecular formula is C19H26N2O2S2. The lowest BCUT2D eigenvalue weighted by Gasteiger charge is -2.31. The van der Waals surface area contributed by atoms with Crippen LogP contribution in [0.15, 0.2) is 46.0 Å². The first kappa shape index (κ1) is 18.6. The number of thiophene rings is 1. The van der Waals surface area contributed by atoms with Crippen LogP contribution >= 0.6 is 11.3 Å². The number of likely N-dealkylation sites (tertiary alicyclic amines) is 1. The summed E-state index contributed by atoms with van der Waals surface area (Å²) < 4.78 is 27.7. The first-order chi connectivity index (χ1) is 12.1. The lowest BCUT2D eigenvalue weighted by molar-refractivity contribution is 0.179. The summed E-state index contributed by atoms with van der Waals surface area (Å²) in [7, 11) is -3.40. The van der Waals surface area contributed by atoms with Gasteiger partial charge in [0, 0.05) is 13.1 Å². The van der Waals surface area contributed by atoms with Crippen LogP contribution in [0.2, 0.25) is 0 Å². The topological polar surface area (TPSA) is 49.4 Å². The van der Waals surface area contributed by atoms with Crippen molar-refractivity contribution >= 4 is 21.4 Å². The minimum absolute atomic E-state index is 0.361. The zero-order valence-corrected chi connectivity index (χ0v) is 16.3. The molecule has 0 radical (unpaired) electrons. The zero-order chi connectivity index (χ0) is 17.7. The molecule has 0 unspecified atom stereocenters. The molecule has 1 N–H and O–H groups in total. The summed E-state index contributed by atoms with van der Waals surface area (Å²) in [6.45, 7) is 5.67. The van der Waals surface area contributed by atoms with E-state index in [-0.39, 0.29) is 0 Å². The van der Waals surface area contributed by atoms with Gasteiger partial charge in [0.05, 0.1) is 4.90 Å². The second-order valence-corrected chi connectivity index (χ2v) is 9.25. The summed E-state index contributed by atoms with van der Waals surface area (Å²) in [5.41, 5.74) is 2.52. The average Bonchev–Trinajstić information content (AvgIpc) is 3.14. The van der Waals surface area contributed by atoms with Crippen molar-refractivity contribution in [1.82, 2.24) is 9.62 Å². The Bertz CT molecular complexity index is 747. The van der Waals surface area contributed by atoms with Gasteiger partial charge in [0.15, 0.2) is 0 Å². The first-order valence-corrected chi connectivity index (χ1v) is 11.3. The van der Waals surface area contributed by atoms with Gasteiger partial charge in [-0.05, 0) is 78.4 Å². The van der Waals surface area contributed by atoms with Crippen LogP contribution in [0.3, 0.4) is 0 Å². The van der Waals surface area contributed by atoms with E-state index < -0.39 is 10.0 Å². The minimum Gasteiger partial charge on any atom is -0.299 e. The molecule has 0 atom stereocenters. The molecule has 0 spiro atoms. The highest BCUT2D eigenvalue weighted by atomic mass is 32.2. The van der Waals surface area contributed by atoms with Crippen LogP contribution in [-0.2, 0) is 23.0 Å². The summed E-state index contributed by atoms with van der Waals surface area (Å²) in [4.78, 5) is 2.82. The van der Waals surface area contributed by atoms with Crippen LogP contribution in [-0.4, -0.2) is 33.0 Å². The first-order valence-electron chi connectivity index (χ1n) is 8.89. The van der Waals surface area contributed by atoms with Crippen molar-refractivity contribution in [3.63, 3.8) is 0 Å². The van der Waals surface area contributed by atoms with Crippen molar-refractivity contribution in [2.75, 3.05) is 19.6 Å². The summed E-state index contributed by atoms with van der Waals surface area (Å²) in [5.74, 6) is 0.420. The smallest absolute Gasteiger partial charge is 0.240 e. The quantitative estimate of drug-likeness (QED) is 0.802. The van der Waals surface area contributed by atoms with Gasteiger partial charge in [0.25, 0.3) is 0 Å². The van der Waals surface area contributed by atoms with E-state index in [1.54, 1.807) is 23.5 Å². The lowest BCUT2D eigenvalue weighted by atomic mass is 9.97. The molecule has 2 heterocycles. The van der Waals surface area contributed by atoms with Gasteiger partial charge in [-0.1, -0.05) is 19.1 Å². The van der Waals surface area contributed by atoms with Crippen LogP contribution in [0.5, 0.6) is 0 Å². The molecule has 1 aliphatic rings. The Morgan fingerprint density at radius 2 is 1.84 bits per heavy atom. The number of sulfonamides is 1. The predicted octanol–water partition coefficient (Wildman–Crippen LogP) is 3.50. The fraction of sp³-hybridized carbons (Fsp3) is 0.474. The highest BCUT2D eigenvalue weighted by Gasteiger charge is 2.22. The summed E-state index contributed by atoms with van der Waals surface area (Å²) >= 11 is 1.74. The van der Waals surface area contributed by atoms with E-state index in [0.717, 1.165) is 44.5 Å². The van der Waals surface area contributed by atoms with E-state index in [0.29, 0.717) is 17.4 Å². The molecule has 1 aromatic carbocycles. The largest absolute Gasteiger partial charge is 0.299 e. The normalized spacial score (nSPS) is 17.0. The Balaban J connectivity index is 1.47. The number of nitrogens with zero attached hydrogens (tertiary/aromatic N) is 1. The Kier molecular flexibility index (Phi) is 6.28. The van der Waals surface area contributed by atoms with E-state index in [9.17, 15) is 8.42 Å². The van der Waals surface area contributed by atoms with E-state index in [1.807, 2.05) is 12.1 Å². The summed E-state index contributed by atoms with van der Waals surface area (Å²) in [5, 5.41) is 4.31. The van der Waals surface area contributed by atoms with Gasteiger partial charge in [0.2, 0.25) is 10.0 Å². The fourth-order valence-electron chi connectivity index (χ4n) is 3.20. The molecule has 0 saturated carbocycles. The third-order valence-corrected chi connectivity index (χ3v) is 7.07. The maximum absolute atomic E-state index is 12.4. The lowest BCUT2D eigenvalue weighted by Crippen LogP contribution is -2.38. The van der Waals surface area contributed by atoms with Crippen molar-refractivity contribution in [2.45, 2.75) is 37.6 Å². The molecule has 1 saturated heterocycles. The van der Waals surface area contributed by atoms with Gasteiger partial charge in [-0.15, -0.1) is 0 Å². The number of aryl methyl sites for hydroxylation is 1. The maximum atomic E-state index is 12.4. The van der Waals surface area contributed by atoms with Gasteiger partial charge in [-0.2, -0.15) is 11.3 Å². The third kappa shape index (κ3) is 5.14. The third-order valence-electron chi connectivity index (χ3n) is 4.90. The number of rotatable bonds is 7. The molecule has 1 aliphatic heterocycles. The minimum atomic E-state index is -3.40. The van der Waals surface area contributed by atoms with Crippen LogP contribution in [0.1, 0.15) is 30.9 Å². The van der Waals surface area contributed by atoms with Crippen molar-refractivity contribution in [2.24, 2.45) is 5.92 Å². The van der Waals surface area contributed by atoms with E-state index in [2.05, 4.69) is 33.4 Å². The molecule has 136 valence electrons. The van der Waals surface area contributed by atoms with Crippen LogP contribution in [0, 0.1) is 5.92 Å². The number of hydrogen-bond donors (Lipinski definition) is 1. The molecule has 1 aromatic heterocycles. The molecular weight excluding hydrogens is 352 g/mol. The highest BCUT2D eigenvalue weighted by Crippen LogP contribution is 2.20. The highest BCUT2D eigenvalue weighted by molar-refractivity contribution is 7.89. The van der Waals surface area contributed by atoms with E-state index >= 15 is 0 Å². The van der Waals surface area contributed by atoms with Crippen molar-refractivity contribution in [3.8, 4) is 0 Å². The van der Waals surface area contributed by atoms with Gasteiger partial charge in [-0.25, -0.2) is 13.1 Å². The van der Waals surface area contributed by atoms with Crippen LogP contribution in [0.4, 0.5) is 0 Å². The van der Waals surface area contributed by atoms with Crippen molar-refractivity contribution < 1.29 is 8.42 Å². The second kappa shape index (κ2) is 8.45. The molecule has 25 heavy (non-hydrogen) atoms.